The highest BCUT2D eigenvalue weighted by molar-refractivity contribution is 5.08. The topological polar surface area (TPSA) is 39.1 Å². The van der Waals surface area contributed by atoms with Gasteiger partial charge in [0.1, 0.15) is 0 Å². The quantitative estimate of drug-likeness (QED) is 0.792. The van der Waals surface area contributed by atoms with Crippen molar-refractivity contribution in [2.75, 3.05) is 13.7 Å². The zero-order chi connectivity index (χ0) is 12.8. The molecule has 0 aromatic carbocycles. The first-order valence-electron chi connectivity index (χ1n) is 6.35. The number of nitrogens with one attached hydrogen (secondary N) is 1. The number of hydrogen-bond acceptors (Lipinski definition) is 3. The fourth-order valence-corrected chi connectivity index (χ4v) is 2.08. The van der Waals surface area contributed by atoms with E-state index in [2.05, 4.69) is 37.3 Å². The molecule has 2 unspecified atom stereocenters. The van der Waals surface area contributed by atoms with Crippen LogP contribution in [0.15, 0.2) is 12.3 Å². The highest BCUT2D eigenvalue weighted by Gasteiger charge is 2.27. The molecule has 4 heteroatoms. The van der Waals surface area contributed by atoms with E-state index in [0.717, 1.165) is 18.7 Å². The molecule has 0 saturated carbocycles. The molecule has 0 radical (unpaired) electrons. The predicted molar refractivity (Wildman–Crippen MR) is 69.9 cm³/mol. The third-order valence-corrected chi connectivity index (χ3v) is 2.92. The Balaban J connectivity index is 2.85. The third-order valence-electron chi connectivity index (χ3n) is 2.92. The van der Waals surface area contributed by atoms with Crippen LogP contribution in [-0.2, 0) is 11.8 Å². The molecule has 1 heterocycles. The second-order valence-electron chi connectivity index (χ2n) is 4.79. The van der Waals surface area contributed by atoms with Crippen molar-refractivity contribution >= 4 is 0 Å². The Bertz CT molecular complexity index is 322. The van der Waals surface area contributed by atoms with E-state index in [1.54, 1.807) is 7.11 Å². The summed E-state index contributed by atoms with van der Waals surface area (Å²) in [7, 11) is 3.71. The smallest absolute Gasteiger partial charge is 0.0820 e. The molecule has 0 spiro atoms. The summed E-state index contributed by atoms with van der Waals surface area (Å²) in [6.45, 7) is 7.50. The number of aromatic nitrogens is 2. The van der Waals surface area contributed by atoms with Crippen LogP contribution in [0.4, 0.5) is 0 Å². The van der Waals surface area contributed by atoms with Crippen molar-refractivity contribution in [2.24, 2.45) is 13.0 Å². The molecule has 17 heavy (non-hydrogen) atoms. The Labute approximate surface area is 104 Å². The van der Waals surface area contributed by atoms with Gasteiger partial charge in [-0.15, -0.1) is 0 Å². The van der Waals surface area contributed by atoms with Crippen molar-refractivity contribution in [3.05, 3.63) is 18.0 Å². The van der Waals surface area contributed by atoms with Gasteiger partial charge in [-0.3, -0.25) is 4.68 Å². The molecule has 98 valence electrons. The summed E-state index contributed by atoms with van der Waals surface area (Å²) < 4.78 is 7.46. The number of hydrogen-bond donors (Lipinski definition) is 1. The predicted octanol–water partition coefficient (Wildman–Crippen LogP) is 2.13. The van der Waals surface area contributed by atoms with E-state index in [4.69, 9.17) is 4.74 Å². The highest BCUT2D eigenvalue weighted by atomic mass is 16.5. The summed E-state index contributed by atoms with van der Waals surface area (Å²) in [5.74, 6) is 0.455. The molecule has 0 aliphatic rings. The van der Waals surface area contributed by atoms with Crippen molar-refractivity contribution < 1.29 is 4.74 Å². The number of ether oxygens (including phenoxy) is 1. The molecule has 1 aromatic heterocycles. The minimum atomic E-state index is 0.149. The monoisotopic (exact) mass is 239 g/mol. The van der Waals surface area contributed by atoms with Crippen molar-refractivity contribution in [3.8, 4) is 0 Å². The summed E-state index contributed by atoms with van der Waals surface area (Å²) in [5.41, 5.74) is 1.06. The van der Waals surface area contributed by atoms with E-state index in [0.29, 0.717) is 5.92 Å². The van der Waals surface area contributed by atoms with Gasteiger partial charge in [0.15, 0.2) is 0 Å². The van der Waals surface area contributed by atoms with Gasteiger partial charge in [0.25, 0.3) is 0 Å². The maximum absolute atomic E-state index is 5.62. The highest BCUT2D eigenvalue weighted by Crippen LogP contribution is 2.23. The maximum Gasteiger partial charge on any atom is 0.0820 e. The van der Waals surface area contributed by atoms with Crippen LogP contribution >= 0.6 is 0 Å². The Kier molecular flexibility index (Phi) is 5.65. The standard InChI is InChI=1S/C13H25N3O/c1-6-8-14-12(13(17-5)10(2)3)11-7-9-16(4)15-11/h7,9-10,12-14H,6,8H2,1-5H3. The SMILES string of the molecule is CCCNC(c1ccn(C)n1)C(OC)C(C)C. The van der Waals surface area contributed by atoms with E-state index in [-0.39, 0.29) is 12.1 Å². The van der Waals surface area contributed by atoms with E-state index >= 15 is 0 Å². The van der Waals surface area contributed by atoms with Gasteiger partial charge in [0, 0.05) is 20.4 Å². The van der Waals surface area contributed by atoms with E-state index < -0.39 is 0 Å². The number of aryl methyl sites for hydroxylation is 1. The van der Waals surface area contributed by atoms with Crippen LogP contribution in [0.25, 0.3) is 0 Å². The lowest BCUT2D eigenvalue weighted by Gasteiger charge is -2.28. The van der Waals surface area contributed by atoms with Gasteiger partial charge in [0.05, 0.1) is 17.8 Å². The van der Waals surface area contributed by atoms with Crippen molar-refractivity contribution in [1.82, 2.24) is 15.1 Å². The molecule has 0 aliphatic heterocycles. The lowest BCUT2D eigenvalue weighted by molar-refractivity contribution is 0.0313. The maximum atomic E-state index is 5.62. The molecule has 0 bridgehead atoms. The van der Waals surface area contributed by atoms with Gasteiger partial charge in [0.2, 0.25) is 0 Å². The Morgan fingerprint density at radius 1 is 1.47 bits per heavy atom. The third kappa shape index (κ3) is 3.82. The molecule has 2 atom stereocenters. The van der Waals surface area contributed by atoms with Crippen molar-refractivity contribution in [1.29, 1.82) is 0 Å². The first-order valence-corrected chi connectivity index (χ1v) is 6.35. The Morgan fingerprint density at radius 2 is 2.18 bits per heavy atom. The van der Waals surface area contributed by atoms with Gasteiger partial charge in [-0.1, -0.05) is 20.8 Å². The normalized spacial score (nSPS) is 15.2. The lowest BCUT2D eigenvalue weighted by atomic mass is 9.97. The van der Waals surface area contributed by atoms with Crippen LogP contribution in [0.2, 0.25) is 0 Å². The Morgan fingerprint density at radius 3 is 2.59 bits per heavy atom. The zero-order valence-corrected chi connectivity index (χ0v) is 11.6. The van der Waals surface area contributed by atoms with Crippen LogP contribution in [0, 0.1) is 5.92 Å². The number of methoxy groups -OCH3 is 1. The molecular weight excluding hydrogens is 214 g/mol. The minimum absolute atomic E-state index is 0.149. The molecule has 0 aliphatic carbocycles. The Hall–Kier alpha value is -0.870. The molecule has 1 aromatic rings. The summed E-state index contributed by atoms with van der Waals surface area (Å²) in [4.78, 5) is 0. The van der Waals surface area contributed by atoms with Crippen molar-refractivity contribution in [3.63, 3.8) is 0 Å². The van der Waals surface area contributed by atoms with Crippen LogP contribution in [0.3, 0.4) is 0 Å². The second-order valence-corrected chi connectivity index (χ2v) is 4.79. The van der Waals surface area contributed by atoms with Gasteiger partial charge >= 0.3 is 0 Å². The van der Waals surface area contributed by atoms with Crippen LogP contribution in [-0.4, -0.2) is 29.5 Å². The number of rotatable bonds is 7. The molecule has 0 amide bonds. The molecule has 0 saturated heterocycles. The van der Waals surface area contributed by atoms with Crippen LogP contribution in [0.5, 0.6) is 0 Å². The fraction of sp³-hybridized carbons (Fsp3) is 0.769. The van der Waals surface area contributed by atoms with Gasteiger partial charge in [-0.25, -0.2) is 0 Å². The molecule has 0 fully saturated rings. The number of nitrogens with zero attached hydrogens (tertiary/aromatic N) is 2. The van der Waals surface area contributed by atoms with Gasteiger partial charge in [-0.2, -0.15) is 5.10 Å². The average molecular weight is 239 g/mol. The minimum Gasteiger partial charge on any atom is -0.379 e. The van der Waals surface area contributed by atoms with Crippen molar-refractivity contribution in [2.45, 2.75) is 39.3 Å². The summed E-state index contributed by atoms with van der Waals surface area (Å²) in [5, 5.41) is 8.02. The summed E-state index contributed by atoms with van der Waals surface area (Å²) in [6, 6.07) is 2.22. The van der Waals surface area contributed by atoms with Crippen LogP contribution in [0.1, 0.15) is 38.9 Å². The summed E-state index contributed by atoms with van der Waals surface area (Å²) in [6.07, 6.45) is 3.23. The molecule has 1 N–H and O–H groups in total. The van der Waals surface area contributed by atoms with Crippen LogP contribution < -0.4 is 5.32 Å². The molecule has 1 rings (SSSR count). The van der Waals surface area contributed by atoms with Gasteiger partial charge in [-0.05, 0) is 24.9 Å². The first-order chi connectivity index (χ1) is 8.10. The average Bonchev–Trinajstić information content (AvgIpc) is 2.70. The molecule has 4 nitrogen and oxygen atoms in total. The largest absolute Gasteiger partial charge is 0.379 e. The first kappa shape index (κ1) is 14.2. The summed E-state index contributed by atoms with van der Waals surface area (Å²) >= 11 is 0. The van der Waals surface area contributed by atoms with E-state index in [1.165, 1.54) is 0 Å². The van der Waals surface area contributed by atoms with E-state index in [1.807, 2.05) is 17.9 Å². The molecular formula is C13H25N3O. The fourth-order valence-electron chi connectivity index (χ4n) is 2.08. The van der Waals surface area contributed by atoms with E-state index in [9.17, 15) is 0 Å². The second kappa shape index (κ2) is 6.77. The zero-order valence-electron chi connectivity index (χ0n) is 11.6. The lowest BCUT2D eigenvalue weighted by Crippen LogP contribution is -2.37. The van der Waals surface area contributed by atoms with Gasteiger partial charge < -0.3 is 10.1 Å².